The Bertz CT molecular complexity index is 375. The van der Waals surface area contributed by atoms with Crippen molar-refractivity contribution >= 4 is 11.3 Å². The van der Waals surface area contributed by atoms with Crippen molar-refractivity contribution in [3.63, 3.8) is 0 Å². The second kappa shape index (κ2) is 8.81. The van der Waals surface area contributed by atoms with Gasteiger partial charge in [-0.25, -0.2) is 0 Å². The molecule has 1 unspecified atom stereocenters. The van der Waals surface area contributed by atoms with Gasteiger partial charge < -0.3 is 10.2 Å². The Hall–Kier alpha value is -0.380. The Balaban J connectivity index is 1.61. The summed E-state index contributed by atoms with van der Waals surface area (Å²) in [6, 6.07) is 2.21. The number of nitrogens with zero attached hydrogens (tertiary/aromatic N) is 1. The number of rotatable bonds is 7. The van der Waals surface area contributed by atoms with Crippen LogP contribution in [0.2, 0.25) is 0 Å². The molecule has 1 saturated heterocycles. The highest BCUT2D eigenvalue weighted by Crippen LogP contribution is 2.21. The molecule has 1 aliphatic heterocycles. The van der Waals surface area contributed by atoms with Crippen LogP contribution >= 0.6 is 11.3 Å². The van der Waals surface area contributed by atoms with Crippen molar-refractivity contribution in [1.29, 1.82) is 0 Å². The maximum atomic E-state index is 3.60. The van der Waals surface area contributed by atoms with Crippen molar-refractivity contribution in [2.75, 3.05) is 26.2 Å². The molecule has 0 bridgehead atoms. The third-order valence-electron chi connectivity index (χ3n) is 4.50. The average Bonchev–Trinajstić information content (AvgIpc) is 2.72. The summed E-state index contributed by atoms with van der Waals surface area (Å²) in [5.74, 6) is 0.992. The molecule has 1 fully saturated rings. The molecule has 2 nitrogen and oxygen atoms in total. The van der Waals surface area contributed by atoms with Crippen molar-refractivity contribution in [2.45, 2.75) is 52.5 Å². The minimum Gasteiger partial charge on any atom is -0.311 e. The molecular weight excluding hydrogens is 264 g/mol. The molecule has 1 aliphatic rings. The Kier molecular flexibility index (Phi) is 7.05. The molecule has 114 valence electrons. The van der Waals surface area contributed by atoms with Gasteiger partial charge in [-0.15, -0.1) is 11.3 Å². The Morgan fingerprint density at radius 1 is 1.35 bits per heavy atom. The summed E-state index contributed by atoms with van der Waals surface area (Å²) in [4.78, 5) is 4.15. The van der Waals surface area contributed by atoms with Crippen molar-refractivity contribution < 1.29 is 0 Å². The van der Waals surface area contributed by atoms with E-state index in [2.05, 4.69) is 35.5 Å². The number of aryl methyl sites for hydroxylation is 1. The number of likely N-dealkylation sites (tertiary alicyclic amines) is 1. The molecule has 0 saturated carbocycles. The summed E-state index contributed by atoms with van der Waals surface area (Å²) in [5, 5.41) is 5.79. The molecule has 1 atom stereocenters. The zero-order valence-corrected chi connectivity index (χ0v) is 14.0. The topological polar surface area (TPSA) is 15.3 Å². The van der Waals surface area contributed by atoms with Crippen LogP contribution < -0.4 is 5.32 Å². The minimum absolute atomic E-state index is 0.992. The molecule has 20 heavy (non-hydrogen) atoms. The largest absolute Gasteiger partial charge is 0.311 e. The van der Waals surface area contributed by atoms with Gasteiger partial charge in [-0.1, -0.05) is 19.8 Å². The zero-order valence-electron chi connectivity index (χ0n) is 13.2. The standard InChI is InChI=1S/C17H30N2S/c1-3-5-16-6-4-10-19(11-7-16)12-9-18-14-17-15(2)8-13-20-17/h8,13,16,18H,3-7,9-12,14H2,1-2H3. The summed E-state index contributed by atoms with van der Waals surface area (Å²) in [6.45, 7) is 10.5. The van der Waals surface area contributed by atoms with Gasteiger partial charge in [0.2, 0.25) is 0 Å². The van der Waals surface area contributed by atoms with E-state index in [0.717, 1.165) is 19.0 Å². The lowest BCUT2D eigenvalue weighted by Crippen LogP contribution is -2.32. The summed E-state index contributed by atoms with van der Waals surface area (Å²) < 4.78 is 0. The first-order valence-electron chi connectivity index (χ1n) is 8.25. The molecule has 0 radical (unpaired) electrons. The van der Waals surface area contributed by atoms with Gasteiger partial charge in [0.25, 0.3) is 0 Å². The van der Waals surface area contributed by atoms with E-state index in [1.165, 1.54) is 62.2 Å². The summed E-state index contributed by atoms with van der Waals surface area (Å²) >= 11 is 1.87. The highest BCUT2D eigenvalue weighted by atomic mass is 32.1. The quantitative estimate of drug-likeness (QED) is 0.763. The van der Waals surface area contributed by atoms with Crippen LogP contribution in [0.5, 0.6) is 0 Å². The van der Waals surface area contributed by atoms with E-state index in [9.17, 15) is 0 Å². The van der Waals surface area contributed by atoms with Crippen LogP contribution in [0, 0.1) is 12.8 Å². The van der Waals surface area contributed by atoms with Gasteiger partial charge in [0.1, 0.15) is 0 Å². The first-order chi connectivity index (χ1) is 9.79. The maximum absolute atomic E-state index is 3.60. The molecule has 1 N–H and O–H groups in total. The van der Waals surface area contributed by atoms with Crippen molar-refractivity contribution in [3.8, 4) is 0 Å². The number of hydrogen-bond donors (Lipinski definition) is 1. The average molecular weight is 295 g/mol. The fraction of sp³-hybridized carbons (Fsp3) is 0.765. The minimum atomic E-state index is 0.992. The molecule has 0 aromatic carbocycles. The van der Waals surface area contributed by atoms with Crippen LogP contribution in [-0.2, 0) is 6.54 Å². The number of thiophene rings is 1. The fourth-order valence-electron chi connectivity index (χ4n) is 3.17. The Morgan fingerprint density at radius 3 is 3.00 bits per heavy atom. The van der Waals surface area contributed by atoms with Crippen molar-refractivity contribution in [3.05, 3.63) is 21.9 Å². The first-order valence-corrected chi connectivity index (χ1v) is 9.13. The molecular formula is C17H30N2S. The highest BCUT2D eigenvalue weighted by Gasteiger charge is 2.15. The predicted octanol–water partition coefficient (Wildman–Crippen LogP) is 4.05. The van der Waals surface area contributed by atoms with E-state index in [1.807, 2.05) is 11.3 Å². The molecule has 1 aromatic heterocycles. The van der Waals surface area contributed by atoms with Gasteiger partial charge in [-0.3, -0.25) is 0 Å². The lowest BCUT2D eigenvalue weighted by Gasteiger charge is -2.20. The lowest BCUT2D eigenvalue weighted by molar-refractivity contribution is 0.278. The smallest absolute Gasteiger partial charge is 0.0302 e. The van der Waals surface area contributed by atoms with E-state index < -0.39 is 0 Å². The predicted molar refractivity (Wildman–Crippen MR) is 89.5 cm³/mol. The monoisotopic (exact) mass is 294 g/mol. The SMILES string of the molecule is CCCC1CCCN(CCNCc2sccc2C)CC1. The maximum Gasteiger partial charge on any atom is 0.0302 e. The second-order valence-corrected chi connectivity index (χ2v) is 7.13. The molecule has 2 rings (SSSR count). The van der Waals surface area contributed by atoms with Crippen molar-refractivity contribution in [2.24, 2.45) is 5.92 Å². The zero-order chi connectivity index (χ0) is 14.2. The van der Waals surface area contributed by atoms with Gasteiger partial charge in [0, 0.05) is 24.5 Å². The van der Waals surface area contributed by atoms with Crippen LogP contribution in [-0.4, -0.2) is 31.1 Å². The second-order valence-electron chi connectivity index (χ2n) is 6.13. The molecule has 2 heterocycles. The van der Waals surface area contributed by atoms with Crippen LogP contribution in [0.15, 0.2) is 11.4 Å². The van der Waals surface area contributed by atoms with Crippen LogP contribution in [0.25, 0.3) is 0 Å². The highest BCUT2D eigenvalue weighted by molar-refractivity contribution is 7.10. The molecule has 0 aliphatic carbocycles. The molecule has 1 aromatic rings. The van der Waals surface area contributed by atoms with Crippen LogP contribution in [0.3, 0.4) is 0 Å². The Labute approximate surface area is 128 Å². The van der Waals surface area contributed by atoms with Gasteiger partial charge in [-0.2, -0.15) is 0 Å². The Morgan fingerprint density at radius 2 is 2.25 bits per heavy atom. The van der Waals surface area contributed by atoms with Crippen molar-refractivity contribution in [1.82, 2.24) is 10.2 Å². The number of hydrogen-bond acceptors (Lipinski definition) is 3. The van der Waals surface area contributed by atoms with E-state index in [1.54, 1.807) is 0 Å². The normalized spacial score (nSPS) is 21.0. The van der Waals surface area contributed by atoms with E-state index in [-0.39, 0.29) is 0 Å². The van der Waals surface area contributed by atoms with Gasteiger partial charge >= 0.3 is 0 Å². The summed E-state index contributed by atoms with van der Waals surface area (Å²) in [6.07, 6.45) is 7.05. The van der Waals surface area contributed by atoms with Crippen LogP contribution in [0.4, 0.5) is 0 Å². The third-order valence-corrected chi connectivity index (χ3v) is 5.52. The van der Waals surface area contributed by atoms with E-state index in [0.29, 0.717) is 0 Å². The van der Waals surface area contributed by atoms with E-state index >= 15 is 0 Å². The fourth-order valence-corrected chi connectivity index (χ4v) is 4.05. The third kappa shape index (κ3) is 5.19. The molecule has 0 spiro atoms. The first kappa shape index (κ1) is 16.0. The summed E-state index contributed by atoms with van der Waals surface area (Å²) in [5.41, 5.74) is 1.43. The van der Waals surface area contributed by atoms with Crippen LogP contribution in [0.1, 0.15) is 49.5 Å². The van der Waals surface area contributed by atoms with Gasteiger partial charge in [0.05, 0.1) is 0 Å². The molecule has 0 amide bonds. The van der Waals surface area contributed by atoms with Gasteiger partial charge in [-0.05, 0) is 62.2 Å². The van der Waals surface area contributed by atoms with E-state index in [4.69, 9.17) is 0 Å². The molecule has 3 heteroatoms. The van der Waals surface area contributed by atoms with Gasteiger partial charge in [0.15, 0.2) is 0 Å². The number of nitrogens with one attached hydrogen (secondary N) is 1. The summed E-state index contributed by atoms with van der Waals surface area (Å²) in [7, 11) is 0. The lowest BCUT2D eigenvalue weighted by atomic mass is 9.96.